The predicted molar refractivity (Wildman–Crippen MR) is 74.9 cm³/mol. The summed E-state index contributed by atoms with van der Waals surface area (Å²) in [4.78, 5) is 0. The zero-order chi connectivity index (χ0) is 13.4. The number of hydrogen-bond acceptors (Lipinski definition) is 4. The minimum atomic E-state index is -0.765. The second-order valence-corrected chi connectivity index (χ2v) is 5.57. The first-order valence-electron chi connectivity index (χ1n) is 5.92. The minimum Gasteiger partial charge on any atom is -0.493 e. The topological polar surface area (TPSA) is 47.6 Å². The molecule has 1 rings (SSSR count). The van der Waals surface area contributed by atoms with Crippen molar-refractivity contribution in [1.29, 1.82) is 0 Å². The van der Waals surface area contributed by atoms with Gasteiger partial charge in [0.15, 0.2) is 11.5 Å². The van der Waals surface area contributed by atoms with Gasteiger partial charge < -0.3 is 14.8 Å². The second-order valence-electron chi connectivity index (χ2n) is 4.09. The molecule has 0 saturated heterocycles. The smallest absolute Gasteiger partial charge is 0.161 e. The summed E-state index contributed by atoms with van der Waals surface area (Å²) in [6.07, 6.45) is 1.71. The molecule has 102 valence electrons. The number of rotatable bonds is 8. The molecule has 0 fully saturated rings. The average molecular weight is 271 g/mol. The first-order valence-corrected chi connectivity index (χ1v) is 7.65. The molecule has 0 amide bonds. The summed E-state index contributed by atoms with van der Waals surface area (Å²) < 4.78 is 21.8. The highest BCUT2D eigenvalue weighted by molar-refractivity contribution is 7.84. The Balaban J connectivity index is 2.27. The first kappa shape index (κ1) is 15.0. The van der Waals surface area contributed by atoms with Crippen LogP contribution < -0.4 is 14.8 Å². The molecule has 0 spiro atoms. The van der Waals surface area contributed by atoms with Crippen LogP contribution in [0, 0.1) is 0 Å². The van der Waals surface area contributed by atoms with E-state index in [4.69, 9.17) is 9.47 Å². The van der Waals surface area contributed by atoms with Gasteiger partial charge in [-0.1, -0.05) is 12.1 Å². The maximum atomic E-state index is 11.0. The SMILES string of the molecule is COc1ccccc1OCCNC(C)CS(C)=O. The van der Waals surface area contributed by atoms with Crippen molar-refractivity contribution in [2.24, 2.45) is 0 Å². The molecular formula is C13H21NO3S. The summed E-state index contributed by atoms with van der Waals surface area (Å²) in [5, 5.41) is 3.26. The number of hydrogen-bond donors (Lipinski definition) is 1. The molecule has 4 nitrogen and oxygen atoms in total. The number of ether oxygens (including phenoxy) is 2. The van der Waals surface area contributed by atoms with Crippen molar-refractivity contribution in [2.75, 3.05) is 32.3 Å². The Morgan fingerprint density at radius 1 is 1.33 bits per heavy atom. The van der Waals surface area contributed by atoms with E-state index in [0.29, 0.717) is 12.4 Å². The monoisotopic (exact) mass is 271 g/mol. The molecule has 0 heterocycles. The van der Waals surface area contributed by atoms with E-state index in [9.17, 15) is 4.21 Å². The molecule has 0 saturated carbocycles. The van der Waals surface area contributed by atoms with Gasteiger partial charge in [-0.2, -0.15) is 0 Å². The molecule has 2 unspecified atom stereocenters. The highest BCUT2D eigenvalue weighted by atomic mass is 32.2. The lowest BCUT2D eigenvalue weighted by Crippen LogP contribution is -2.34. The maximum absolute atomic E-state index is 11.0. The lowest BCUT2D eigenvalue weighted by atomic mass is 10.3. The third-order valence-corrected chi connectivity index (χ3v) is 3.38. The lowest BCUT2D eigenvalue weighted by molar-refractivity contribution is 0.289. The second kappa shape index (κ2) is 8.11. The molecule has 0 aliphatic carbocycles. The van der Waals surface area contributed by atoms with Crippen molar-refractivity contribution in [3.8, 4) is 11.5 Å². The zero-order valence-electron chi connectivity index (χ0n) is 11.1. The van der Waals surface area contributed by atoms with Gasteiger partial charge in [0, 0.05) is 35.4 Å². The van der Waals surface area contributed by atoms with Crippen LogP contribution >= 0.6 is 0 Å². The minimum absolute atomic E-state index is 0.233. The Morgan fingerprint density at radius 2 is 2.00 bits per heavy atom. The van der Waals surface area contributed by atoms with Crippen LogP contribution in [0.25, 0.3) is 0 Å². The van der Waals surface area contributed by atoms with E-state index in [2.05, 4.69) is 5.32 Å². The fourth-order valence-corrected chi connectivity index (χ4v) is 2.44. The average Bonchev–Trinajstić information content (AvgIpc) is 2.34. The number of nitrogens with one attached hydrogen (secondary N) is 1. The van der Waals surface area contributed by atoms with E-state index in [1.54, 1.807) is 13.4 Å². The van der Waals surface area contributed by atoms with Crippen LogP contribution in [0.15, 0.2) is 24.3 Å². The van der Waals surface area contributed by atoms with Crippen LogP contribution in [0.3, 0.4) is 0 Å². The fourth-order valence-electron chi connectivity index (χ4n) is 1.62. The van der Waals surface area contributed by atoms with Crippen LogP contribution in [0.5, 0.6) is 11.5 Å². The van der Waals surface area contributed by atoms with Crippen molar-refractivity contribution in [3.05, 3.63) is 24.3 Å². The van der Waals surface area contributed by atoms with E-state index in [0.717, 1.165) is 18.0 Å². The largest absolute Gasteiger partial charge is 0.493 e. The Morgan fingerprint density at radius 3 is 2.61 bits per heavy atom. The van der Waals surface area contributed by atoms with E-state index >= 15 is 0 Å². The molecule has 2 atom stereocenters. The van der Waals surface area contributed by atoms with E-state index in [1.165, 1.54) is 0 Å². The summed E-state index contributed by atoms with van der Waals surface area (Å²) in [7, 11) is 0.859. The molecule has 0 aliphatic heterocycles. The van der Waals surface area contributed by atoms with E-state index < -0.39 is 10.8 Å². The van der Waals surface area contributed by atoms with Crippen molar-refractivity contribution >= 4 is 10.8 Å². The van der Waals surface area contributed by atoms with E-state index in [-0.39, 0.29) is 6.04 Å². The highest BCUT2D eigenvalue weighted by Gasteiger charge is 2.04. The Kier molecular flexibility index (Phi) is 6.75. The van der Waals surface area contributed by atoms with Gasteiger partial charge in [0.05, 0.1) is 7.11 Å². The lowest BCUT2D eigenvalue weighted by Gasteiger charge is -2.14. The van der Waals surface area contributed by atoms with Gasteiger partial charge in [0.25, 0.3) is 0 Å². The highest BCUT2D eigenvalue weighted by Crippen LogP contribution is 2.25. The Hall–Kier alpha value is -1.07. The van der Waals surface area contributed by atoms with E-state index in [1.807, 2.05) is 31.2 Å². The summed E-state index contributed by atoms with van der Waals surface area (Å²) in [6.45, 7) is 3.29. The Labute approximate surface area is 111 Å². The van der Waals surface area contributed by atoms with Crippen LogP contribution in [0.4, 0.5) is 0 Å². The fraction of sp³-hybridized carbons (Fsp3) is 0.538. The summed E-state index contributed by atoms with van der Waals surface area (Å²) in [6, 6.07) is 7.79. The van der Waals surface area contributed by atoms with Crippen LogP contribution in [0.1, 0.15) is 6.92 Å². The van der Waals surface area contributed by atoms with Gasteiger partial charge in [-0.05, 0) is 19.1 Å². The van der Waals surface area contributed by atoms with Crippen molar-refractivity contribution in [2.45, 2.75) is 13.0 Å². The van der Waals surface area contributed by atoms with Crippen LogP contribution in [-0.2, 0) is 10.8 Å². The predicted octanol–water partition coefficient (Wildman–Crippen LogP) is 1.43. The number of benzene rings is 1. The summed E-state index contributed by atoms with van der Waals surface area (Å²) >= 11 is 0. The number of methoxy groups -OCH3 is 1. The zero-order valence-corrected chi connectivity index (χ0v) is 12.0. The number of para-hydroxylation sites is 2. The van der Waals surface area contributed by atoms with Gasteiger partial charge in [0.2, 0.25) is 0 Å². The molecule has 1 aromatic carbocycles. The quantitative estimate of drug-likeness (QED) is 0.727. The third kappa shape index (κ3) is 5.51. The molecule has 1 aromatic rings. The Bertz CT molecular complexity index is 384. The van der Waals surface area contributed by atoms with Gasteiger partial charge in [-0.15, -0.1) is 0 Å². The molecule has 1 N–H and O–H groups in total. The van der Waals surface area contributed by atoms with Crippen molar-refractivity contribution in [1.82, 2.24) is 5.32 Å². The standard InChI is InChI=1S/C13H21NO3S/c1-11(10-18(3)15)14-8-9-17-13-7-5-4-6-12(13)16-2/h4-7,11,14H,8-10H2,1-3H3. The first-order chi connectivity index (χ1) is 8.63. The molecule has 0 radical (unpaired) electrons. The normalized spacial score (nSPS) is 13.9. The van der Waals surface area contributed by atoms with Gasteiger partial charge in [-0.3, -0.25) is 4.21 Å². The molecule has 5 heteroatoms. The van der Waals surface area contributed by atoms with Gasteiger partial charge in [-0.25, -0.2) is 0 Å². The molecule has 0 aromatic heterocycles. The van der Waals surface area contributed by atoms with Crippen LogP contribution in [0.2, 0.25) is 0 Å². The third-order valence-electron chi connectivity index (χ3n) is 2.41. The molecular weight excluding hydrogens is 250 g/mol. The van der Waals surface area contributed by atoms with Gasteiger partial charge in [0.1, 0.15) is 6.61 Å². The van der Waals surface area contributed by atoms with Gasteiger partial charge >= 0.3 is 0 Å². The molecule has 0 aliphatic rings. The maximum Gasteiger partial charge on any atom is 0.161 e. The molecule has 0 bridgehead atoms. The van der Waals surface area contributed by atoms with Crippen molar-refractivity contribution in [3.63, 3.8) is 0 Å². The van der Waals surface area contributed by atoms with Crippen molar-refractivity contribution < 1.29 is 13.7 Å². The summed E-state index contributed by atoms with van der Waals surface area (Å²) in [5.41, 5.74) is 0. The summed E-state index contributed by atoms with van der Waals surface area (Å²) in [5.74, 6) is 2.14. The van der Waals surface area contributed by atoms with Crippen LogP contribution in [-0.4, -0.2) is 42.5 Å². The molecule has 18 heavy (non-hydrogen) atoms.